The number of aliphatic hydroxyl groups excluding tert-OH is 2. The monoisotopic (exact) mass is 430 g/mol. The van der Waals surface area contributed by atoms with Crippen molar-refractivity contribution in [2.75, 3.05) is 50.9 Å². The third-order valence-electron chi connectivity index (χ3n) is 6.05. The molecule has 0 saturated carbocycles. The first-order chi connectivity index (χ1) is 13.7. The zero-order valence-corrected chi connectivity index (χ0v) is 18.0. The Kier molecular flexibility index (Phi) is 7.13. The highest BCUT2D eigenvalue weighted by molar-refractivity contribution is 8.76. The van der Waals surface area contributed by atoms with Crippen molar-refractivity contribution in [3.63, 3.8) is 0 Å². The van der Waals surface area contributed by atoms with E-state index in [0.29, 0.717) is 12.1 Å². The van der Waals surface area contributed by atoms with Crippen LogP contribution in [0, 0.1) is 0 Å². The Morgan fingerprint density at radius 3 is 1.39 bits per heavy atom. The van der Waals surface area contributed by atoms with E-state index in [9.17, 15) is 10.2 Å². The molecule has 0 aromatic rings. The van der Waals surface area contributed by atoms with Crippen LogP contribution in [0.25, 0.3) is 0 Å². The second-order valence-corrected chi connectivity index (χ2v) is 10.7. The number of hydrogen-bond donors (Lipinski definition) is 6. The Balaban J connectivity index is 1.16. The molecule has 4 heterocycles. The Morgan fingerprint density at radius 1 is 0.643 bits per heavy atom. The van der Waals surface area contributed by atoms with E-state index in [4.69, 9.17) is 0 Å². The fourth-order valence-corrected chi connectivity index (χ4v) is 6.80. The van der Waals surface area contributed by atoms with Crippen LogP contribution in [0.2, 0.25) is 0 Å². The number of guanidine groups is 2. The number of hydrogen-bond acceptors (Lipinski definition) is 8. The smallest absolute Gasteiger partial charge is 0.346 e. The third-order valence-corrected chi connectivity index (χ3v) is 8.61. The quantitative estimate of drug-likeness (QED) is 0.166. The van der Waals surface area contributed by atoms with Crippen molar-refractivity contribution in [1.29, 1.82) is 0 Å². The standard InChI is InChI=1S/C18H32N6O2S2/c25-9-13-1-5-23-7-3-15(21-17(23)19-13)11-27-28-12-16-4-8-24-6-2-14(10-26)20-18(24)22-16/h13-16,25-26H,1-12H2,(H2,19,20,21,22)/p+2/t13-,14-,15-,16-/m1/s1. The molecule has 8 nitrogen and oxygen atoms in total. The summed E-state index contributed by atoms with van der Waals surface area (Å²) in [7, 11) is 3.91. The zero-order chi connectivity index (χ0) is 19.3. The van der Waals surface area contributed by atoms with Crippen LogP contribution in [0.3, 0.4) is 0 Å². The molecular weight excluding hydrogens is 396 g/mol. The van der Waals surface area contributed by atoms with Gasteiger partial charge in [-0.1, -0.05) is 21.6 Å². The Hall–Kier alpha value is -0.840. The molecule has 28 heavy (non-hydrogen) atoms. The molecule has 6 N–H and O–H groups in total. The van der Waals surface area contributed by atoms with E-state index in [1.165, 1.54) is 12.8 Å². The molecule has 10 heteroatoms. The zero-order valence-electron chi connectivity index (χ0n) is 16.4. The van der Waals surface area contributed by atoms with Gasteiger partial charge in [-0.2, -0.15) is 0 Å². The lowest BCUT2D eigenvalue weighted by molar-refractivity contribution is -0.542. The van der Waals surface area contributed by atoms with Crippen molar-refractivity contribution in [1.82, 2.24) is 21.3 Å². The fraction of sp³-hybridized carbons (Fsp3) is 0.889. The number of aliphatic hydroxyl groups is 2. The van der Waals surface area contributed by atoms with Gasteiger partial charge in [-0.25, -0.2) is 0 Å². The molecule has 0 fully saturated rings. The first-order valence-corrected chi connectivity index (χ1v) is 13.0. The van der Waals surface area contributed by atoms with Gasteiger partial charge in [0.15, 0.2) is 0 Å². The third kappa shape index (κ3) is 5.01. The second-order valence-electron chi connectivity index (χ2n) is 8.13. The number of nitrogens with zero attached hydrogens (tertiary/aromatic N) is 2. The summed E-state index contributed by atoms with van der Waals surface area (Å²) < 4.78 is 4.73. The molecule has 0 saturated heterocycles. The topological polar surface area (TPSA) is 94.6 Å². The van der Waals surface area contributed by atoms with E-state index < -0.39 is 0 Å². The predicted molar refractivity (Wildman–Crippen MR) is 115 cm³/mol. The van der Waals surface area contributed by atoms with Gasteiger partial charge in [-0.15, -0.1) is 0 Å². The molecule has 4 aliphatic heterocycles. The van der Waals surface area contributed by atoms with Crippen molar-refractivity contribution >= 4 is 33.5 Å². The minimum absolute atomic E-state index is 0.188. The minimum Gasteiger partial charge on any atom is -0.393 e. The van der Waals surface area contributed by atoms with Gasteiger partial charge in [0.25, 0.3) is 0 Å². The lowest BCUT2D eigenvalue weighted by Crippen LogP contribution is -2.60. The van der Waals surface area contributed by atoms with Crippen molar-refractivity contribution in [2.45, 2.75) is 49.9 Å². The highest BCUT2D eigenvalue weighted by atomic mass is 33.1. The largest absolute Gasteiger partial charge is 0.393 e. The number of rotatable bonds is 7. The first-order valence-electron chi connectivity index (χ1n) is 10.5. The van der Waals surface area contributed by atoms with Crippen LogP contribution in [0.1, 0.15) is 25.7 Å². The van der Waals surface area contributed by atoms with Crippen molar-refractivity contribution < 1.29 is 19.4 Å². The summed E-state index contributed by atoms with van der Waals surface area (Å²) in [5, 5.41) is 32.9. The Morgan fingerprint density at radius 2 is 1.00 bits per heavy atom. The summed E-state index contributed by atoms with van der Waals surface area (Å²) >= 11 is 0. The van der Waals surface area contributed by atoms with Crippen molar-refractivity contribution in [3.05, 3.63) is 0 Å². The average Bonchev–Trinajstić information content (AvgIpc) is 2.75. The van der Waals surface area contributed by atoms with Gasteiger partial charge in [0.2, 0.25) is 0 Å². The van der Waals surface area contributed by atoms with E-state index in [1.807, 2.05) is 21.6 Å². The molecule has 0 bridgehead atoms. The lowest BCUT2D eigenvalue weighted by Gasteiger charge is -2.31. The predicted octanol–water partition coefficient (Wildman–Crippen LogP) is -1.46. The van der Waals surface area contributed by atoms with E-state index in [2.05, 4.69) is 30.4 Å². The van der Waals surface area contributed by atoms with Gasteiger partial charge in [-0.3, -0.25) is 30.4 Å². The second kappa shape index (κ2) is 9.77. The van der Waals surface area contributed by atoms with Gasteiger partial charge in [0.05, 0.1) is 51.5 Å². The van der Waals surface area contributed by atoms with E-state index in [0.717, 1.165) is 62.4 Å². The molecular formula is C18H34N6O2S2+2. The van der Waals surface area contributed by atoms with Crippen molar-refractivity contribution in [3.8, 4) is 0 Å². The summed E-state index contributed by atoms with van der Waals surface area (Å²) in [4.78, 5) is 0. The summed E-state index contributed by atoms with van der Waals surface area (Å²) in [5.41, 5.74) is 0. The molecule has 158 valence electrons. The maximum absolute atomic E-state index is 9.39. The molecule has 0 aromatic heterocycles. The molecule has 0 aromatic carbocycles. The first kappa shape index (κ1) is 20.4. The number of nitrogens with one attached hydrogen (secondary N) is 4. The Bertz CT molecular complexity index is 565. The van der Waals surface area contributed by atoms with Gasteiger partial charge >= 0.3 is 11.9 Å². The van der Waals surface area contributed by atoms with E-state index in [-0.39, 0.29) is 25.3 Å². The van der Waals surface area contributed by atoms with Gasteiger partial charge in [0, 0.05) is 37.2 Å². The molecule has 4 atom stereocenters. The van der Waals surface area contributed by atoms with Crippen LogP contribution in [-0.4, -0.2) is 106 Å². The highest BCUT2D eigenvalue weighted by Crippen LogP contribution is 2.25. The molecule has 0 aliphatic carbocycles. The molecule has 4 aliphatic rings. The summed E-state index contributed by atoms with van der Waals surface area (Å²) in [6.07, 6.45) is 4.36. The van der Waals surface area contributed by atoms with Crippen LogP contribution in [0.5, 0.6) is 0 Å². The maximum atomic E-state index is 9.39. The molecule has 0 amide bonds. The molecule has 0 spiro atoms. The van der Waals surface area contributed by atoms with Crippen LogP contribution in [0.15, 0.2) is 0 Å². The SMILES string of the molecule is OC[C@H]1CC[N+]2=C(N[C@@H](CSSC[C@H]3CC[N+]4=C(N3)N[C@@H](CO)CC4)CC2)N1. The highest BCUT2D eigenvalue weighted by Gasteiger charge is 2.33. The average molecular weight is 431 g/mol. The van der Waals surface area contributed by atoms with Gasteiger partial charge in [0.1, 0.15) is 12.1 Å². The van der Waals surface area contributed by atoms with Crippen LogP contribution in [0.4, 0.5) is 0 Å². The summed E-state index contributed by atoms with van der Waals surface area (Å²) in [5.74, 6) is 4.40. The fourth-order valence-electron chi connectivity index (χ4n) is 4.21. The maximum Gasteiger partial charge on any atom is 0.346 e. The molecule has 0 radical (unpaired) electrons. The van der Waals surface area contributed by atoms with Gasteiger partial charge in [-0.05, 0) is 0 Å². The minimum atomic E-state index is 0.188. The van der Waals surface area contributed by atoms with Crippen LogP contribution >= 0.6 is 21.6 Å². The van der Waals surface area contributed by atoms with E-state index in [1.54, 1.807) is 0 Å². The summed E-state index contributed by atoms with van der Waals surface area (Å²) in [6, 6.07) is 1.35. The molecule has 4 rings (SSSR count). The molecule has 0 unspecified atom stereocenters. The normalized spacial score (nSPS) is 32.5. The van der Waals surface area contributed by atoms with Crippen molar-refractivity contribution in [2.24, 2.45) is 0 Å². The van der Waals surface area contributed by atoms with Crippen LogP contribution in [-0.2, 0) is 0 Å². The van der Waals surface area contributed by atoms with Crippen LogP contribution < -0.4 is 21.3 Å². The Labute approximate surface area is 175 Å². The van der Waals surface area contributed by atoms with Gasteiger partial charge < -0.3 is 10.2 Å². The lowest BCUT2D eigenvalue weighted by atomic mass is 10.1. The van der Waals surface area contributed by atoms with E-state index >= 15 is 0 Å². The summed E-state index contributed by atoms with van der Waals surface area (Å²) in [6.45, 7) is 4.66.